The van der Waals surface area contributed by atoms with Gasteiger partial charge in [-0.15, -0.1) is 22.7 Å². The van der Waals surface area contributed by atoms with Crippen LogP contribution in [0.1, 0.15) is 25.1 Å². The van der Waals surface area contributed by atoms with E-state index in [0.717, 1.165) is 9.88 Å². The van der Waals surface area contributed by atoms with Gasteiger partial charge in [0, 0.05) is 5.38 Å². The number of aromatic nitrogens is 1. The Morgan fingerprint density at radius 3 is 2.65 bits per heavy atom. The van der Waals surface area contributed by atoms with Crippen LogP contribution in [0.4, 0.5) is 0 Å². The zero-order valence-electron chi connectivity index (χ0n) is 9.85. The topological polar surface area (TPSA) is 50.2 Å². The standard InChI is InChI=1S/C12H13NO2S2/c1-7-4-5-16-9(7)10-13-8(6-17-10)12(2,3)11(14)15/h4-6H,1-3H3,(H,14,15). The van der Waals surface area contributed by atoms with E-state index in [1.807, 2.05) is 23.8 Å². The average molecular weight is 267 g/mol. The molecule has 0 fully saturated rings. The van der Waals surface area contributed by atoms with Crippen LogP contribution in [0.2, 0.25) is 0 Å². The van der Waals surface area contributed by atoms with Crippen molar-refractivity contribution >= 4 is 28.6 Å². The summed E-state index contributed by atoms with van der Waals surface area (Å²) in [5.74, 6) is -0.850. The van der Waals surface area contributed by atoms with E-state index >= 15 is 0 Å². The number of hydrogen-bond acceptors (Lipinski definition) is 4. The molecule has 0 atom stereocenters. The van der Waals surface area contributed by atoms with E-state index in [1.54, 1.807) is 25.2 Å². The molecular formula is C12H13NO2S2. The number of nitrogens with zero attached hydrogens (tertiary/aromatic N) is 1. The summed E-state index contributed by atoms with van der Waals surface area (Å²) in [5.41, 5.74) is 0.877. The fraction of sp³-hybridized carbons (Fsp3) is 0.333. The van der Waals surface area contributed by atoms with Crippen molar-refractivity contribution in [2.45, 2.75) is 26.2 Å². The first-order valence-electron chi connectivity index (χ1n) is 5.17. The fourth-order valence-electron chi connectivity index (χ4n) is 1.37. The molecule has 0 unspecified atom stereocenters. The second-order valence-corrected chi connectivity index (χ2v) is 6.18. The molecule has 2 aromatic rings. The van der Waals surface area contributed by atoms with Crippen molar-refractivity contribution in [1.29, 1.82) is 0 Å². The summed E-state index contributed by atoms with van der Waals surface area (Å²) in [7, 11) is 0. The molecule has 0 aliphatic heterocycles. The highest BCUT2D eigenvalue weighted by molar-refractivity contribution is 7.20. The van der Waals surface area contributed by atoms with Crippen molar-refractivity contribution in [3.63, 3.8) is 0 Å². The van der Waals surface area contributed by atoms with Crippen LogP contribution in [0.5, 0.6) is 0 Å². The molecule has 2 rings (SSSR count). The molecular weight excluding hydrogens is 254 g/mol. The summed E-state index contributed by atoms with van der Waals surface area (Å²) in [6.07, 6.45) is 0. The van der Waals surface area contributed by atoms with Gasteiger partial charge in [-0.3, -0.25) is 4.79 Å². The third-order valence-corrected chi connectivity index (χ3v) is 4.75. The lowest BCUT2D eigenvalue weighted by Gasteiger charge is -2.15. The van der Waals surface area contributed by atoms with Crippen LogP contribution in [0.15, 0.2) is 16.8 Å². The first-order valence-corrected chi connectivity index (χ1v) is 6.92. The monoisotopic (exact) mass is 267 g/mol. The quantitative estimate of drug-likeness (QED) is 0.925. The number of rotatable bonds is 3. The molecule has 1 N–H and O–H groups in total. The van der Waals surface area contributed by atoms with E-state index in [0.29, 0.717) is 5.69 Å². The Hall–Kier alpha value is -1.20. The zero-order chi connectivity index (χ0) is 12.6. The van der Waals surface area contributed by atoms with Crippen LogP contribution < -0.4 is 0 Å². The van der Waals surface area contributed by atoms with Crippen LogP contribution >= 0.6 is 22.7 Å². The maximum absolute atomic E-state index is 11.2. The number of hydrogen-bond donors (Lipinski definition) is 1. The highest BCUT2D eigenvalue weighted by Crippen LogP contribution is 2.34. The number of thiazole rings is 1. The highest BCUT2D eigenvalue weighted by atomic mass is 32.1. The minimum absolute atomic E-state index is 0.623. The lowest BCUT2D eigenvalue weighted by Crippen LogP contribution is -2.28. The summed E-state index contributed by atoms with van der Waals surface area (Å²) in [5, 5.41) is 13.9. The maximum Gasteiger partial charge on any atom is 0.315 e. The highest BCUT2D eigenvalue weighted by Gasteiger charge is 2.32. The van der Waals surface area contributed by atoms with E-state index < -0.39 is 11.4 Å². The number of aryl methyl sites for hydroxylation is 1. The van der Waals surface area contributed by atoms with Crippen molar-refractivity contribution < 1.29 is 9.90 Å². The Kier molecular flexibility index (Phi) is 3.05. The van der Waals surface area contributed by atoms with Crippen LogP contribution in [-0.4, -0.2) is 16.1 Å². The SMILES string of the molecule is Cc1ccsc1-c1nc(C(C)(C)C(=O)O)cs1. The van der Waals surface area contributed by atoms with Gasteiger partial charge in [-0.05, 0) is 37.8 Å². The van der Waals surface area contributed by atoms with Gasteiger partial charge in [-0.25, -0.2) is 4.98 Å². The number of carboxylic acids is 1. The van der Waals surface area contributed by atoms with Crippen molar-refractivity contribution in [2.75, 3.05) is 0 Å². The van der Waals surface area contributed by atoms with Gasteiger partial charge < -0.3 is 5.11 Å². The van der Waals surface area contributed by atoms with Gasteiger partial charge in [-0.1, -0.05) is 0 Å². The van der Waals surface area contributed by atoms with Gasteiger partial charge in [0.25, 0.3) is 0 Å². The second kappa shape index (κ2) is 4.23. The second-order valence-electron chi connectivity index (χ2n) is 4.40. The van der Waals surface area contributed by atoms with Gasteiger partial charge in [0.05, 0.1) is 10.6 Å². The molecule has 0 aliphatic carbocycles. The Morgan fingerprint density at radius 2 is 2.12 bits per heavy atom. The number of carboxylic acid groups (broad SMARTS) is 1. The molecule has 2 aromatic heterocycles. The van der Waals surface area contributed by atoms with E-state index in [-0.39, 0.29) is 0 Å². The molecule has 0 saturated heterocycles. The van der Waals surface area contributed by atoms with Gasteiger partial charge >= 0.3 is 5.97 Å². The lowest BCUT2D eigenvalue weighted by molar-refractivity contribution is -0.142. The molecule has 3 nitrogen and oxygen atoms in total. The normalized spacial score (nSPS) is 11.7. The maximum atomic E-state index is 11.2. The molecule has 90 valence electrons. The van der Waals surface area contributed by atoms with Crippen LogP contribution in [-0.2, 0) is 10.2 Å². The third-order valence-electron chi connectivity index (χ3n) is 2.74. The Morgan fingerprint density at radius 1 is 1.41 bits per heavy atom. The Bertz CT molecular complexity index is 554. The fourth-order valence-corrected chi connectivity index (χ4v) is 3.45. The molecule has 0 aromatic carbocycles. The van der Waals surface area contributed by atoms with Gasteiger partial charge in [-0.2, -0.15) is 0 Å². The smallest absolute Gasteiger partial charge is 0.315 e. The predicted octanol–water partition coefficient (Wildman–Crippen LogP) is 3.54. The number of carbonyl (C=O) groups is 1. The van der Waals surface area contributed by atoms with E-state index in [4.69, 9.17) is 5.11 Å². The summed E-state index contributed by atoms with van der Waals surface area (Å²) < 4.78 is 0. The van der Waals surface area contributed by atoms with Crippen LogP contribution in [0, 0.1) is 6.92 Å². The zero-order valence-corrected chi connectivity index (χ0v) is 11.5. The average Bonchev–Trinajstić information content (AvgIpc) is 2.85. The number of aliphatic carboxylic acids is 1. The van der Waals surface area contributed by atoms with Crippen molar-refractivity contribution in [2.24, 2.45) is 0 Å². The van der Waals surface area contributed by atoms with E-state index in [9.17, 15) is 4.79 Å². The van der Waals surface area contributed by atoms with Crippen LogP contribution in [0.25, 0.3) is 9.88 Å². The van der Waals surface area contributed by atoms with Crippen molar-refractivity contribution in [3.8, 4) is 9.88 Å². The molecule has 0 bridgehead atoms. The summed E-state index contributed by atoms with van der Waals surface area (Å²) >= 11 is 3.14. The first kappa shape index (κ1) is 12.3. The van der Waals surface area contributed by atoms with Gasteiger partial charge in [0.2, 0.25) is 0 Å². The molecule has 0 aliphatic rings. The molecule has 5 heteroatoms. The largest absolute Gasteiger partial charge is 0.481 e. The predicted molar refractivity (Wildman–Crippen MR) is 70.8 cm³/mol. The van der Waals surface area contributed by atoms with Gasteiger partial charge in [0.1, 0.15) is 10.4 Å². The third kappa shape index (κ3) is 2.12. The summed E-state index contributed by atoms with van der Waals surface area (Å²) in [6.45, 7) is 5.39. The van der Waals surface area contributed by atoms with Crippen molar-refractivity contribution in [1.82, 2.24) is 4.98 Å². The Balaban J connectivity index is 2.41. The minimum atomic E-state index is -0.931. The Labute approximate surface area is 108 Å². The molecule has 0 saturated carbocycles. The molecule has 0 radical (unpaired) electrons. The first-order chi connectivity index (χ1) is 7.93. The van der Waals surface area contributed by atoms with Crippen LogP contribution in [0.3, 0.4) is 0 Å². The summed E-state index contributed by atoms with van der Waals surface area (Å²) in [4.78, 5) is 16.7. The summed E-state index contributed by atoms with van der Waals surface area (Å²) in [6, 6.07) is 2.05. The van der Waals surface area contributed by atoms with E-state index in [2.05, 4.69) is 4.98 Å². The van der Waals surface area contributed by atoms with Gasteiger partial charge in [0.15, 0.2) is 0 Å². The molecule has 17 heavy (non-hydrogen) atoms. The van der Waals surface area contributed by atoms with E-state index in [1.165, 1.54) is 16.9 Å². The van der Waals surface area contributed by atoms with Crippen molar-refractivity contribution in [3.05, 3.63) is 28.1 Å². The number of thiophene rings is 1. The molecule has 2 heterocycles. The molecule has 0 spiro atoms. The molecule has 0 amide bonds. The minimum Gasteiger partial charge on any atom is -0.481 e. The lowest BCUT2D eigenvalue weighted by atomic mass is 9.90.